The van der Waals surface area contributed by atoms with E-state index in [2.05, 4.69) is 4.98 Å². The molecule has 238 valence electrons. The van der Waals surface area contributed by atoms with Crippen LogP contribution < -0.4 is 20.7 Å². The van der Waals surface area contributed by atoms with Crippen LogP contribution in [-0.4, -0.2) is 72.4 Å². The molecule has 0 aliphatic carbocycles. The van der Waals surface area contributed by atoms with Gasteiger partial charge in [-0.2, -0.15) is 11.8 Å². The molecule has 1 fully saturated rings. The van der Waals surface area contributed by atoms with E-state index in [9.17, 15) is 14.7 Å². The van der Waals surface area contributed by atoms with E-state index < -0.39 is 41.4 Å². The van der Waals surface area contributed by atoms with Crippen molar-refractivity contribution in [1.29, 1.82) is 0 Å². The smallest absolute Gasteiger partial charge is 0.330 e. The van der Waals surface area contributed by atoms with Crippen LogP contribution in [-0.2, 0) is 19.8 Å². The Morgan fingerprint density at radius 1 is 0.911 bits per heavy atom. The molecule has 2 N–H and O–H groups in total. The number of thioether (sulfide) groups is 1. The Morgan fingerprint density at radius 3 is 2.04 bits per heavy atom. The highest BCUT2D eigenvalue weighted by molar-refractivity contribution is 7.98. The minimum atomic E-state index is -1.14. The molecule has 0 spiro atoms. The number of methoxy groups -OCH3 is 2. The van der Waals surface area contributed by atoms with E-state index in [-0.39, 0.29) is 6.61 Å². The van der Waals surface area contributed by atoms with Crippen LogP contribution in [0.15, 0.2) is 94.6 Å². The first-order valence-corrected chi connectivity index (χ1v) is 16.0. The van der Waals surface area contributed by atoms with Crippen LogP contribution in [0.2, 0.25) is 0 Å². The number of aromatic nitrogens is 2. The quantitative estimate of drug-likeness (QED) is 0.167. The number of ether oxygens (including phenoxy) is 5. The molecule has 0 saturated carbocycles. The highest BCUT2D eigenvalue weighted by Crippen LogP contribution is 2.43. The lowest BCUT2D eigenvalue weighted by Gasteiger charge is -2.37. The van der Waals surface area contributed by atoms with Gasteiger partial charge in [-0.25, -0.2) is 4.79 Å². The Balaban J connectivity index is 1.56. The molecule has 2 heterocycles. The van der Waals surface area contributed by atoms with Crippen molar-refractivity contribution in [1.82, 2.24) is 9.55 Å². The first kappa shape index (κ1) is 32.5. The minimum Gasteiger partial charge on any atom is -0.497 e. The fourth-order valence-electron chi connectivity index (χ4n) is 5.58. The van der Waals surface area contributed by atoms with Gasteiger partial charge in [-0.05, 0) is 54.1 Å². The van der Waals surface area contributed by atoms with Crippen molar-refractivity contribution < 1.29 is 28.8 Å². The molecule has 45 heavy (non-hydrogen) atoms. The summed E-state index contributed by atoms with van der Waals surface area (Å²) in [6, 6.07) is 25.1. The van der Waals surface area contributed by atoms with Crippen molar-refractivity contribution in [3.8, 4) is 11.5 Å². The number of rotatable bonds is 13. The van der Waals surface area contributed by atoms with Crippen LogP contribution in [0, 0.1) is 6.92 Å². The molecule has 1 saturated heterocycles. The number of aliphatic hydroxyl groups excluding tert-OH is 1. The van der Waals surface area contributed by atoms with Crippen molar-refractivity contribution in [2.24, 2.45) is 0 Å². The van der Waals surface area contributed by atoms with Gasteiger partial charge in [0.25, 0.3) is 5.56 Å². The molecule has 0 unspecified atom stereocenters. The fourth-order valence-corrected chi connectivity index (χ4v) is 5.85. The number of aryl methyl sites for hydroxylation is 1. The Labute approximate surface area is 265 Å². The second-order valence-electron chi connectivity index (χ2n) is 10.7. The second kappa shape index (κ2) is 14.5. The number of benzene rings is 3. The number of hydrogen-bond acceptors (Lipinski definition) is 9. The zero-order valence-corrected chi connectivity index (χ0v) is 26.5. The van der Waals surface area contributed by atoms with E-state index in [0.29, 0.717) is 29.4 Å². The van der Waals surface area contributed by atoms with Crippen LogP contribution >= 0.6 is 11.8 Å². The first-order valence-electron chi connectivity index (χ1n) is 14.6. The molecule has 0 bridgehead atoms. The summed E-state index contributed by atoms with van der Waals surface area (Å²) in [4.78, 5) is 27.3. The molecule has 11 heteroatoms. The van der Waals surface area contributed by atoms with E-state index in [1.54, 1.807) is 32.9 Å². The maximum Gasteiger partial charge on any atom is 0.330 e. The Hall–Kier alpha value is -3.87. The van der Waals surface area contributed by atoms with Crippen LogP contribution in [0.5, 0.6) is 11.5 Å². The number of aliphatic hydroxyl groups is 1. The highest BCUT2D eigenvalue weighted by atomic mass is 32.2. The van der Waals surface area contributed by atoms with Crippen molar-refractivity contribution in [2.45, 2.75) is 37.1 Å². The van der Waals surface area contributed by atoms with E-state index in [4.69, 9.17) is 23.7 Å². The molecule has 1 aliphatic rings. The second-order valence-corrected chi connectivity index (χ2v) is 11.7. The highest BCUT2D eigenvalue weighted by Gasteiger charge is 2.48. The lowest BCUT2D eigenvalue weighted by atomic mass is 9.80. The van der Waals surface area contributed by atoms with Gasteiger partial charge in [0, 0.05) is 17.5 Å². The van der Waals surface area contributed by atoms with Crippen molar-refractivity contribution in [2.75, 3.05) is 39.4 Å². The van der Waals surface area contributed by atoms with E-state index in [1.165, 1.54) is 10.8 Å². The van der Waals surface area contributed by atoms with Crippen molar-refractivity contribution >= 4 is 11.8 Å². The molecular formula is C34H38N2O8S. The summed E-state index contributed by atoms with van der Waals surface area (Å²) in [7, 11) is 3.23. The molecule has 3 aromatic carbocycles. The average molecular weight is 635 g/mol. The zero-order chi connectivity index (χ0) is 32.0. The summed E-state index contributed by atoms with van der Waals surface area (Å²) in [6.07, 6.45) is -0.524. The van der Waals surface area contributed by atoms with Gasteiger partial charge in [0.15, 0.2) is 6.23 Å². The lowest BCUT2D eigenvalue weighted by molar-refractivity contribution is -0.0977. The van der Waals surface area contributed by atoms with Gasteiger partial charge in [0.05, 0.1) is 27.4 Å². The molecule has 4 atom stereocenters. The lowest BCUT2D eigenvalue weighted by Crippen LogP contribution is -2.41. The van der Waals surface area contributed by atoms with Crippen LogP contribution in [0.25, 0.3) is 0 Å². The molecule has 1 aromatic heterocycles. The summed E-state index contributed by atoms with van der Waals surface area (Å²) >= 11 is 1.60. The molecule has 1 aliphatic heterocycles. The summed E-state index contributed by atoms with van der Waals surface area (Å²) in [5.41, 5.74) is 0.552. The molecule has 0 radical (unpaired) electrons. The first-order chi connectivity index (χ1) is 21.8. The Bertz CT molecular complexity index is 1610. The Kier molecular flexibility index (Phi) is 10.5. The zero-order valence-electron chi connectivity index (χ0n) is 25.7. The van der Waals surface area contributed by atoms with Crippen LogP contribution in [0.3, 0.4) is 0 Å². The predicted molar refractivity (Wildman–Crippen MR) is 172 cm³/mol. The summed E-state index contributed by atoms with van der Waals surface area (Å²) < 4.78 is 31.5. The summed E-state index contributed by atoms with van der Waals surface area (Å²) in [6.45, 7) is 1.87. The van der Waals surface area contributed by atoms with Gasteiger partial charge in [-0.1, -0.05) is 54.6 Å². The fraction of sp³-hybridized carbons (Fsp3) is 0.353. The van der Waals surface area contributed by atoms with E-state index in [0.717, 1.165) is 16.7 Å². The largest absolute Gasteiger partial charge is 0.497 e. The minimum absolute atomic E-state index is 0.0654. The van der Waals surface area contributed by atoms with Gasteiger partial charge < -0.3 is 28.8 Å². The number of hydrogen-bond donors (Lipinski definition) is 2. The topological polar surface area (TPSA) is 121 Å². The molecule has 4 aromatic rings. The van der Waals surface area contributed by atoms with Gasteiger partial charge >= 0.3 is 5.69 Å². The molecule has 5 rings (SSSR count). The van der Waals surface area contributed by atoms with Crippen molar-refractivity contribution in [3.05, 3.63) is 128 Å². The number of aromatic amines is 1. The normalized spacial score (nSPS) is 19.8. The van der Waals surface area contributed by atoms with E-state index >= 15 is 0 Å². The third-order valence-electron chi connectivity index (χ3n) is 7.97. The van der Waals surface area contributed by atoms with Crippen LogP contribution in [0.1, 0.15) is 28.5 Å². The summed E-state index contributed by atoms with van der Waals surface area (Å²) in [5, 5.41) is 11.6. The summed E-state index contributed by atoms with van der Waals surface area (Å²) in [5.74, 6) is 2.07. The van der Waals surface area contributed by atoms with Crippen molar-refractivity contribution in [3.63, 3.8) is 0 Å². The third-order valence-corrected chi connectivity index (χ3v) is 8.54. The molecular weight excluding hydrogens is 596 g/mol. The number of nitrogens with one attached hydrogen (secondary N) is 1. The molecule has 0 amide bonds. The maximum atomic E-state index is 12.9. The number of nitrogens with zero attached hydrogens (tertiary/aromatic N) is 1. The monoisotopic (exact) mass is 634 g/mol. The van der Waals surface area contributed by atoms with Gasteiger partial charge in [0.2, 0.25) is 0 Å². The third kappa shape index (κ3) is 6.73. The number of H-pyrrole nitrogens is 1. The van der Waals surface area contributed by atoms with E-state index in [1.807, 2.05) is 85.1 Å². The molecule has 10 nitrogen and oxygen atoms in total. The van der Waals surface area contributed by atoms with Gasteiger partial charge in [0.1, 0.15) is 35.4 Å². The van der Waals surface area contributed by atoms with Gasteiger partial charge in [-0.15, -0.1) is 0 Å². The van der Waals surface area contributed by atoms with Crippen LogP contribution in [0.4, 0.5) is 0 Å². The standard InChI is InChI=1S/C34H38N2O8S/c1-22-20-36(33(39)35-31(22)38)32-30(42-18-19-45-4)29(37)28(44-32)21-43-34(23-8-6-5-7-9-23,24-10-14-26(40-2)15-11-24)25-12-16-27(41-3)17-13-25/h5-17,20,28-30,32,37H,18-19,21H2,1-4H3,(H,35,38,39)/t28-,29-,30-,32-/m1/s1. The SMILES string of the molecule is COc1ccc(C(OC[C@H]2O[C@@H](n3cc(C)c(=O)[nH]c3=O)[C@H](OCCSC)[C@@H]2O)(c2ccccc2)c2ccc(OC)cc2)cc1. The van der Waals surface area contributed by atoms with Gasteiger partial charge in [-0.3, -0.25) is 14.3 Å². The predicted octanol–water partition coefficient (Wildman–Crippen LogP) is 3.88. The average Bonchev–Trinajstić information content (AvgIpc) is 3.38. The maximum absolute atomic E-state index is 12.9. The Morgan fingerprint density at radius 2 is 1.49 bits per heavy atom.